The molecule has 7 nitrogen and oxygen atoms in total. The highest BCUT2D eigenvalue weighted by Gasteiger charge is 2.34. The molecule has 0 spiro atoms. The predicted octanol–water partition coefficient (Wildman–Crippen LogP) is 3.23. The summed E-state index contributed by atoms with van der Waals surface area (Å²) in [7, 11) is 0. The average molecular weight is 447 g/mol. The number of morpholine rings is 1. The van der Waals surface area contributed by atoms with E-state index in [0.717, 1.165) is 37.0 Å². The minimum atomic E-state index is -1.11. The van der Waals surface area contributed by atoms with E-state index in [9.17, 15) is 19.5 Å². The van der Waals surface area contributed by atoms with E-state index in [1.165, 1.54) is 4.90 Å². The van der Waals surface area contributed by atoms with E-state index in [0.29, 0.717) is 43.5 Å². The molecular weight excluding hydrogens is 416 g/mol. The molecule has 1 aliphatic heterocycles. The van der Waals surface area contributed by atoms with Gasteiger partial charge in [0.25, 0.3) is 0 Å². The number of carboxylic acids is 1. The largest absolute Gasteiger partial charge is 0.477 e. The van der Waals surface area contributed by atoms with Crippen molar-refractivity contribution in [2.75, 3.05) is 37.7 Å². The van der Waals surface area contributed by atoms with Crippen molar-refractivity contribution in [2.45, 2.75) is 46.0 Å². The second-order valence-electron chi connectivity index (χ2n) is 8.16. The van der Waals surface area contributed by atoms with Crippen molar-refractivity contribution in [3.63, 3.8) is 0 Å². The Labute approximate surface area is 187 Å². The molecule has 31 heavy (non-hydrogen) atoms. The lowest BCUT2D eigenvalue weighted by Crippen LogP contribution is -2.48. The summed E-state index contributed by atoms with van der Waals surface area (Å²) in [5, 5.41) is 9.78. The second kappa shape index (κ2) is 10.8. The van der Waals surface area contributed by atoms with Crippen LogP contribution in [0, 0.1) is 23.7 Å². The summed E-state index contributed by atoms with van der Waals surface area (Å²) in [4.78, 5) is 42.2. The fourth-order valence-corrected chi connectivity index (χ4v) is 4.90. The third-order valence-electron chi connectivity index (χ3n) is 5.87. The highest BCUT2D eigenvalue weighted by Crippen LogP contribution is 2.35. The zero-order valence-electron chi connectivity index (χ0n) is 18.2. The number of carbonyl (C=O) groups is 3. The number of hydrogen-bond acceptors (Lipinski definition) is 5. The summed E-state index contributed by atoms with van der Waals surface area (Å²) in [5.74, 6) is 4.83. The van der Waals surface area contributed by atoms with Crippen molar-refractivity contribution in [3.8, 4) is 11.8 Å². The van der Waals surface area contributed by atoms with Crippen LogP contribution < -0.4 is 4.90 Å². The first-order chi connectivity index (χ1) is 14.9. The Bertz CT molecular complexity index is 870. The lowest BCUT2D eigenvalue weighted by atomic mass is 9.82. The third kappa shape index (κ3) is 5.86. The molecule has 2 amide bonds. The molecule has 1 aromatic heterocycles. The average Bonchev–Trinajstić information content (AvgIpc) is 3.21. The molecule has 2 aliphatic rings. The van der Waals surface area contributed by atoms with Crippen LogP contribution in [0.3, 0.4) is 0 Å². The monoisotopic (exact) mass is 446 g/mol. The van der Waals surface area contributed by atoms with Gasteiger partial charge in [-0.05, 0) is 37.7 Å². The highest BCUT2D eigenvalue weighted by molar-refractivity contribution is 7.15. The summed E-state index contributed by atoms with van der Waals surface area (Å²) >= 11 is 1.05. The van der Waals surface area contributed by atoms with E-state index in [1.807, 2.05) is 6.92 Å². The molecular formula is C23H30N2O5S. The summed E-state index contributed by atoms with van der Waals surface area (Å²) in [6.45, 7) is 5.82. The van der Waals surface area contributed by atoms with Gasteiger partial charge < -0.3 is 19.6 Å². The van der Waals surface area contributed by atoms with Gasteiger partial charge in [-0.3, -0.25) is 9.59 Å². The molecule has 1 saturated heterocycles. The van der Waals surface area contributed by atoms with Crippen LogP contribution in [-0.2, 0) is 14.3 Å². The van der Waals surface area contributed by atoms with E-state index in [-0.39, 0.29) is 34.8 Å². The lowest BCUT2D eigenvalue weighted by molar-refractivity contribution is -0.135. The maximum Gasteiger partial charge on any atom is 0.348 e. The highest BCUT2D eigenvalue weighted by atomic mass is 32.1. The third-order valence-corrected chi connectivity index (χ3v) is 6.90. The van der Waals surface area contributed by atoms with Crippen LogP contribution in [0.15, 0.2) is 6.07 Å². The molecule has 0 bridgehead atoms. The topological polar surface area (TPSA) is 87.2 Å². The number of aromatic carboxylic acids is 1. The number of anilines is 1. The van der Waals surface area contributed by atoms with Crippen LogP contribution in [0.4, 0.5) is 5.69 Å². The maximum atomic E-state index is 13.5. The minimum Gasteiger partial charge on any atom is -0.477 e. The Kier molecular flexibility index (Phi) is 8.10. The SMILES string of the molecule is CCC#Cc1cc(N(CC(=O)N2CCOCC2)C(=O)[C@H]2CC[C@H](C)CC2)c(C(=O)O)s1. The summed E-state index contributed by atoms with van der Waals surface area (Å²) in [6, 6.07) is 1.65. The molecule has 0 atom stereocenters. The van der Waals surface area contributed by atoms with Gasteiger partial charge in [0.1, 0.15) is 11.4 Å². The molecule has 0 unspecified atom stereocenters. The van der Waals surface area contributed by atoms with E-state index < -0.39 is 5.97 Å². The number of ether oxygens (including phenoxy) is 1. The van der Waals surface area contributed by atoms with E-state index in [1.54, 1.807) is 11.0 Å². The first-order valence-corrected chi connectivity index (χ1v) is 11.7. The Morgan fingerprint density at radius 2 is 1.90 bits per heavy atom. The van der Waals surface area contributed by atoms with Gasteiger partial charge in [0.05, 0.1) is 23.8 Å². The molecule has 3 rings (SSSR count). The van der Waals surface area contributed by atoms with Gasteiger partial charge in [-0.2, -0.15) is 0 Å². The lowest BCUT2D eigenvalue weighted by Gasteiger charge is -2.33. The number of amides is 2. The fraction of sp³-hybridized carbons (Fsp3) is 0.609. The smallest absolute Gasteiger partial charge is 0.348 e. The Hall–Kier alpha value is -2.37. The minimum absolute atomic E-state index is 0.0488. The van der Waals surface area contributed by atoms with Crippen molar-refractivity contribution < 1.29 is 24.2 Å². The van der Waals surface area contributed by atoms with Crippen LogP contribution in [-0.4, -0.2) is 60.6 Å². The van der Waals surface area contributed by atoms with Crippen molar-refractivity contribution in [2.24, 2.45) is 11.8 Å². The quantitative estimate of drug-likeness (QED) is 0.702. The summed E-state index contributed by atoms with van der Waals surface area (Å²) in [5.41, 5.74) is 0.281. The van der Waals surface area contributed by atoms with Crippen LogP contribution in [0.1, 0.15) is 60.5 Å². The van der Waals surface area contributed by atoms with Crippen LogP contribution >= 0.6 is 11.3 Å². The first kappa shape index (κ1) is 23.3. The number of rotatable bonds is 5. The fourth-order valence-electron chi connectivity index (χ4n) is 4.03. The van der Waals surface area contributed by atoms with Gasteiger partial charge in [0, 0.05) is 25.4 Å². The number of carbonyl (C=O) groups excluding carboxylic acids is 2. The van der Waals surface area contributed by atoms with E-state index in [2.05, 4.69) is 18.8 Å². The standard InChI is InChI=1S/C23H30N2O5S/c1-3-4-5-18-14-19(21(31-18)23(28)29)25(15-20(26)24-10-12-30-13-11-24)22(27)17-8-6-16(2)7-9-17/h14,16-17H,3,6-13,15H2,1-2H3,(H,28,29)/t16-,17-. The van der Waals surface area contributed by atoms with Gasteiger partial charge in [-0.1, -0.05) is 25.7 Å². The summed E-state index contributed by atoms with van der Waals surface area (Å²) in [6.07, 6.45) is 4.09. The molecule has 0 radical (unpaired) electrons. The van der Waals surface area contributed by atoms with Gasteiger partial charge >= 0.3 is 5.97 Å². The van der Waals surface area contributed by atoms with Crippen molar-refractivity contribution in [3.05, 3.63) is 15.8 Å². The molecule has 1 aliphatic carbocycles. The Morgan fingerprint density at radius 3 is 2.52 bits per heavy atom. The molecule has 8 heteroatoms. The Morgan fingerprint density at radius 1 is 1.23 bits per heavy atom. The Balaban J connectivity index is 1.92. The second-order valence-corrected chi connectivity index (χ2v) is 9.21. The number of nitrogens with zero attached hydrogens (tertiary/aromatic N) is 2. The van der Waals surface area contributed by atoms with Crippen molar-refractivity contribution >= 4 is 34.8 Å². The number of carboxylic acid groups (broad SMARTS) is 1. The maximum absolute atomic E-state index is 13.5. The zero-order chi connectivity index (χ0) is 22.4. The van der Waals surface area contributed by atoms with Crippen LogP contribution in [0.2, 0.25) is 0 Å². The van der Waals surface area contributed by atoms with Crippen LogP contribution in [0.25, 0.3) is 0 Å². The van der Waals surface area contributed by atoms with Crippen LogP contribution in [0.5, 0.6) is 0 Å². The molecule has 2 heterocycles. The molecule has 168 valence electrons. The van der Waals surface area contributed by atoms with Gasteiger partial charge in [0.2, 0.25) is 11.8 Å². The summed E-state index contributed by atoms with van der Waals surface area (Å²) < 4.78 is 5.32. The van der Waals surface area contributed by atoms with Crippen molar-refractivity contribution in [1.82, 2.24) is 4.90 Å². The normalized spacial score (nSPS) is 21.2. The van der Waals surface area contributed by atoms with Gasteiger partial charge in [0.15, 0.2) is 0 Å². The molecule has 1 aromatic rings. The van der Waals surface area contributed by atoms with Gasteiger partial charge in [-0.15, -0.1) is 11.3 Å². The molecule has 1 N–H and O–H groups in total. The van der Waals surface area contributed by atoms with E-state index in [4.69, 9.17) is 4.74 Å². The zero-order valence-corrected chi connectivity index (χ0v) is 19.0. The van der Waals surface area contributed by atoms with Crippen molar-refractivity contribution in [1.29, 1.82) is 0 Å². The van der Waals surface area contributed by atoms with Gasteiger partial charge in [-0.25, -0.2) is 4.79 Å². The molecule has 0 aromatic carbocycles. The molecule has 1 saturated carbocycles. The van der Waals surface area contributed by atoms with E-state index >= 15 is 0 Å². The number of hydrogen-bond donors (Lipinski definition) is 1. The predicted molar refractivity (Wildman–Crippen MR) is 119 cm³/mol. The molecule has 2 fully saturated rings. The first-order valence-electron chi connectivity index (χ1n) is 10.9. The number of thiophene rings is 1.